The Kier molecular flexibility index (Phi) is 6.56. The zero-order valence-electron chi connectivity index (χ0n) is 14.3. The molecule has 7 nitrogen and oxygen atoms in total. The van der Waals surface area contributed by atoms with Crippen molar-refractivity contribution in [2.24, 2.45) is 0 Å². The van der Waals surface area contributed by atoms with Crippen LogP contribution in [0.3, 0.4) is 0 Å². The molecular formula is C18H14Cl2N4O3S. The minimum absolute atomic E-state index is 0.0101. The molecule has 0 aliphatic carbocycles. The second-order valence-corrected chi connectivity index (χ2v) is 7.53. The monoisotopic (exact) mass is 436 g/mol. The average molecular weight is 437 g/mol. The summed E-state index contributed by atoms with van der Waals surface area (Å²) >= 11 is 13.7. The number of anilines is 1. The molecule has 144 valence electrons. The number of hydrogen-bond donors (Lipinski definition) is 1. The summed E-state index contributed by atoms with van der Waals surface area (Å²) in [7, 11) is 0. The lowest BCUT2D eigenvalue weighted by molar-refractivity contribution is -0.384. The Morgan fingerprint density at radius 3 is 2.46 bits per heavy atom. The molecule has 1 N–H and O–H groups in total. The van der Waals surface area contributed by atoms with Gasteiger partial charge in [-0.2, -0.15) is 5.10 Å². The first-order valence-corrected chi connectivity index (χ1v) is 9.80. The summed E-state index contributed by atoms with van der Waals surface area (Å²) in [4.78, 5) is 23.2. The van der Waals surface area contributed by atoms with Crippen LogP contribution >= 0.6 is 35.0 Å². The maximum atomic E-state index is 12.3. The van der Waals surface area contributed by atoms with Gasteiger partial charge in [-0.05, 0) is 24.3 Å². The van der Waals surface area contributed by atoms with Crippen molar-refractivity contribution in [3.8, 4) is 0 Å². The number of nitrogens with zero attached hydrogens (tertiary/aromatic N) is 3. The Morgan fingerprint density at radius 1 is 1.14 bits per heavy atom. The maximum Gasteiger partial charge on any atom is 0.269 e. The Balaban J connectivity index is 1.61. The summed E-state index contributed by atoms with van der Waals surface area (Å²) in [5.41, 5.74) is 0.723. The van der Waals surface area contributed by atoms with E-state index in [1.54, 1.807) is 47.3 Å². The van der Waals surface area contributed by atoms with Gasteiger partial charge in [-0.15, -0.1) is 11.8 Å². The smallest absolute Gasteiger partial charge is 0.269 e. The van der Waals surface area contributed by atoms with Crippen LogP contribution < -0.4 is 5.32 Å². The number of hydrogen-bond acceptors (Lipinski definition) is 5. The first-order valence-electron chi connectivity index (χ1n) is 8.06. The van der Waals surface area contributed by atoms with Gasteiger partial charge in [0.25, 0.3) is 5.69 Å². The van der Waals surface area contributed by atoms with Gasteiger partial charge in [0.1, 0.15) is 5.82 Å². The summed E-state index contributed by atoms with van der Waals surface area (Å²) in [6.45, 7) is 0.316. The normalized spacial score (nSPS) is 10.6. The Morgan fingerprint density at radius 2 is 1.82 bits per heavy atom. The Hall–Kier alpha value is -2.55. The average Bonchev–Trinajstić information content (AvgIpc) is 3.10. The molecular weight excluding hydrogens is 423 g/mol. The number of rotatable bonds is 7. The first kappa shape index (κ1) is 20.2. The van der Waals surface area contributed by atoms with Gasteiger partial charge in [-0.25, -0.2) is 4.68 Å². The van der Waals surface area contributed by atoms with E-state index in [4.69, 9.17) is 23.2 Å². The largest absolute Gasteiger partial charge is 0.310 e. The highest BCUT2D eigenvalue weighted by atomic mass is 35.5. The van der Waals surface area contributed by atoms with Crippen molar-refractivity contribution in [2.75, 3.05) is 11.1 Å². The number of benzene rings is 2. The molecule has 0 saturated carbocycles. The third-order valence-electron chi connectivity index (χ3n) is 3.77. The number of nitro groups is 1. The third-order valence-corrected chi connectivity index (χ3v) is 5.49. The highest BCUT2D eigenvalue weighted by Crippen LogP contribution is 2.26. The van der Waals surface area contributed by atoms with Gasteiger partial charge >= 0.3 is 0 Å². The molecule has 0 bridgehead atoms. The molecule has 0 atom stereocenters. The molecule has 0 radical (unpaired) electrons. The predicted octanol–water partition coefficient (Wildman–Crippen LogP) is 4.88. The van der Waals surface area contributed by atoms with Crippen molar-refractivity contribution in [2.45, 2.75) is 11.4 Å². The molecule has 1 aromatic heterocycles. The number of thioether (sulfide) groups is 1. The van der Waals surface area contributed by atoms with Crippen LogP contribution in [0, 0.1) is 10.1 Å². The molecule has 28 heavy (non-hydrogen) atoms. The standard InChI is InChI=1S/C18H14Cl2N4O3S/c19-15-2-1-3-16(20)14(15)10-23-17(8-9-21-23)22-18(25)11-28-13-6-4-12(5-7-13)24(26)27/h1-9H,10-11H2,(H,22,25). The van der Waals surface area contributed by atoms with E-state index in [1.165, 1.54) is 23.9 Å². The van der Waals surface area contributed by atoms with Crippen molar-refractivity contribution < 1.29 is 9.72 Å². The van der Waals surface area contributed by atoms with Gasteiger partial charge in [0.15, 0.2) is 0 Å². The van der Waals surface area contributed by atoms with Crippen LogP contribution in [-0.2, 0) is 11.3 Å². The van der Waals surface area contributed by atoms with Crippen LogP contribution in [0.2, 0.25) is 10.0 Å². The highest BCUT2D eigenvalue weighted by molar-refractivity contribution is 8.00. The fraction of sp³-hybridized carbons (Fsp3) is 0.111. The number of aromatic nitrogens is 2. The van der Waals surface area contributed by atoms with Gasteiger partial charge < -0.3 is 5.32 Å². The molecule has 0 unspecified atom stereocenters. The minimum Gasteiger partial charge on any atom is -0.310 e. The SMILES string of the molecule is O=C(CSc1ccc([N+](=O)[O-])cc1)Nc1ccnn1Cc1c(Cl)cccc1Cl. The van der Waals surface area contributed by atoms with E-state index in [9.17, 15) is 14.9 Å². The summed E-state index contributed by atoms with van der Waals surface area (Å²) in [5.74, 6) is 0.441. The molecule has 0 aliphatic rings. The number of amides is 1. The lowest BCUT2D eigenvalue weighted by Gasteiger charge is -2.11. The lowest BCUT2D eigenvalue weighted by Crippen LogP contribution is -2.18. The summed E-state index contributed by atoms with van der Waals surface area (Å²) in [6, 6.07) is 13.0. The van der Waals surface area contributed by atoms with Gasteiger partial charge in [0.2, 0.25) is 5.91 Å². The van der Waals surface area contributed by atoms with Crippen LogP contribution in [0.5, 0.6) is 0 Å². The molecule has 2 aromatic carbocycles. The lowest BCUT2D eigenvalue weighted by atomic mass is 10.2. The van der Waals surface area contributed by atoms with Crippen molar-refractivity contribution in [3.05, 3.63) is 80.5 Å². The molecule has 10 heteroatoms. The third kappa shape index (κ3) is 5.03. The van der Waals surface area contributed by atoms with Crippen molar-refractivity contribution in [1.82, 2.24) is 9.78 Å². The van der Waals surface area contributed by atoms with E-state index in [0.29, 0.717) is 28.0 Å². The number of non-ortho nitro benzene ring substituents is 1. The van der Waals surface area contributed by atoms with E-state index in [1.807, 2.05) is 0 Å². The highest BCUT2D eigenvalue weighted by Gasteiger charge is 2.12. The van der Waals surface area contributed by atoms with Crippen molar-refractivity contribution >= 4 is 52.4 Å². The molecule has 0 fully saturated rings. The van der Waals surface area contributed by atoms with E-state index in [0.717, 1.165) is 4.90 Å². The van der Waals surface area contributed by atoms with E-state index < -0.39 is 4.92 Å². The van der Waals surface area contributed by atoms with E-state index in [-0.39, 0.29) is 17.3 Å². The topological polar surface area (TPSA) is 90.1 Å². The fourth-order valence-corrected chi connectivity index (χ4v) is 3.61. The van der Waals surface area contributed by atoms with Crippen molar-refractivity contribution in [1.29, 1.82) is 0 Å². The number of nitro benzene ring substituents is 1. The van der Waals surface area contributed by atoms with Crippen molar-refractivity contribution in [3.63, 3.8) is 0 Å². The number of carbonyl (C=O) groups excluding carboxylic acids is 1. The van der Waals surface area contributed by atoms with Gasteiger partial charge in [-0.1, -0.05) is 29.3 Å². The van der Waals surface area contributed by atoms with E-state index in [2.05, 4.69) is 10.4 Å². The second kappa shape index (κ2) is 9.09. The minimum atomic E-state index is -0.465. The molecule has 3 rings (SSSR count). The molecule has 1 amide bonds. The van der Waals surface area contributed by atoms with Gasteiger partial charge in [0, 0.05) is 38.7 Å². The molecule has 1 heterocycles. The maximum absolute atomic E-state index is 12.3. The quantitative estimate of drug-likeness (QED) is 0.323. The first-order chi connectivity index (χ1) is 13.4. The predicted molar refractivity (Wildman–Crippen MR) is 110 cm³/mol. The van der Waals surface area contributed by atoms with Crippen LogP contribution in [0.1, 0.15) is 5.56 Å². The fourth-order valence-electron chi connectivity index (χ4n) is 2.39. The van der Waals surface area contributed by atoms with Crippen LogP contribution in [0.15, 0.2) is 59.6 Å². The summed E-state index contributed by atoms with van der Waals surface area (Å²) < 4.78 is 1.60. The number of halogens is 2. The second-order valence-electron chi connectivity index (χ2n) is 5.66. The van der Waals surface area contributed by atoms with Crippen LogP contribution in [0.25, 0.3) is 0 Å². The van der Waals surface area contributed by atoms with Crippen LogP contribution in [-0.4, -0.2) is 26.4 Å². The molecule has 0 aliphatic heterocycles. The number of nitrogens with one attached hydrogen (secondary N) is 1. The van der Waals surface area contributed by atoms with Gasteiger partial charge in [-0.3, -0.25) is 14.9 Å². The zero-order valence-corrected chi connectivity index (χ0v) is 16.7. The molecule has 0 spiro atoms. The van der Waals surface area contributed by atoms with Gasteiger partial charge in [0.05, 0.1) is 23.4 Å². The molecule has 3 aromatic rings. The van der Waals surface area contributed by atoms with Crippen LogP contribution in [0.4, 0.5) is 11.5 Å². The zero-order chi connectivity index (χ0) is 20.1. The Labute approximate surface area is 174 Å². The van der Waals surface area contributed by atoms with E-state index >= 15 is 0 Å². The summed E-state index contributed by atoms with van der Waals surface area (Å²) in [5, 5.41) is 18.7. The number of carbonyl (C=O) groups is 1. The summed E-state index contributed by atoms with van der Waals surface area (Å²) in [6.07, 6.45) is 1.57. The molecule has 0 saturated heterocycles. The Bertz CT molecular complexity index is 988.